The first-order valence-electron chi connectivity index (χ1n) is 6.04. The van der Waals surface area contributed by atoms with Crippen molar-refractivity contribution in [1.29, 1.82) is 0 Å². The summed E-state index contributed by atoms with van der Waals surface area (Å²) in [5.41, 5.74) is 0.727. The molecule has 1 unspecified atom stereocenters. The number of nitrogens with one attached hydrogen (secondary N) is 1. The average molecular weight is 283 g/mol. The van der Waals surface area contributed by atoms with Gasteiger partial charge >= 0.3 is 0 Å². The summed E-state index contributed by atoms with van der Waals surface area (Å²) in [6, 6.07) is 4.52. The Labute approximate surface area is 118 Å². The number of rotatable bonds is 4. The largest absolute Gasteiger partial charge is 0.507 e. The van der Waals surface area contributed by atoms with E-state index in [0.717, 1.165) is 0 Å². The lowest BCUT2D eigenvalue weighted by Crippen LogP contribution is -2.38. The Bertz CT molecular complexity index is 440. The first kappa shape index (κ1) is 18.1. The minimum atomic E-state index is -0.700. The summed E-state index contributed by atoms with van der Waals surface area (Å²) in [7, 11) is 0. The number of benzene rings is 1. The minimum absolute atomic E-state index is 0.0697. The van der Waals surface area contributed by atoms with E-state index in [0.29, 0.717) is 18.4 Å². The van der Waals surface area contributed by atoms with Crippen LogP contribution in [0.4, 0.5) is 0 Å². The maximum Gasteiger partial charge on any atom is 0.290 e. The molecule has 20 heavy (non-hydrogen) atoms. The van der Waals surface area contributed by atoms with Gasteiger partial charge in [-0.15, -0.1) is 0 Å². The predicted octanol–water partition coefficient (Wildman–Crippen LogP) is 1.33. The fourth-order valence-electron chi connectivity index (χ4n) is 1.40. The van der Waals surface area contributed by atoms with Crippen molar-refractivity contribution in [3.8, 4) is 5.75 Å². The molecule has 0 aliphatic carbocycles. The topological polar surface area (TPSA) is 107 Å². The van der Waals surface area contributed by atoms with Crippen LogP contribution in [0.2, 0.25) is 0 Å². The standard InChI is InChI=1S/C13H19NO3.CH2O2/c1-13(2,3)14-7-12(17)9-4-5-11(16)10(6-9)8-15;2-1-3/h4-6,8,12,14,16-17H,7H2,1-3H3;1H,(H,2,3). The maximum atomic E-state index is 10.7. The summed E-state index contributed by atoms with van der Waals surface area (Å²) in [4.78, 5) is 19.0. The zero-order valence-corrected chi connectivity index (χ0v) is 11.8. The van der Waals surface area contributed by atoms with Gasteiger partial charge < -0.3 is 20.6 Å². The lowest BCUT2D eigenvalue weighted by molar-refractivity contribution is -0.122. The van der Waals surface area contributed by atoms with Gasteiger partial charge in [0.1, 0.15) is 5.75 Å². The van der Waals surface area contributed by atoms with Crippen LogP contribution in [0, 0.1) is 0 Å². The fourth-order valence-corrected chi connectivity index (χ4v) is 1.40. The number of β-amino-alcohol motifs (C(OH)–C–C–N with tert-alkyl or cyclic N) is 1. The van der Waals surface area contributed by atoms with Crippen LogP contribution in [0.1, 0.15) is 42.8 Å². The number of aldehydes is 1. The van der Waals surface area contributed by atoms with Crippen LogP contribution in [-0.4, -0.2) is 40.2 Å². The zero-order chi connectivity index (χ0) is 15.8. The normalized spacial score (nSPS) is 12.0. The number of aliphatic hydroxyl groups is 1. The number of hydrogen-bond donors (Lipinski definition) is 4. The molecule has 4 N–H and O–H groups in total. The van der Waals surface area contributed by atoms with Crippen molar-refractivity contribution < 1.29 is 24.9 Å². The summed E-state index contributed by atoms with van der Waals surface area (Å²) in [6.45, 7) is 6.17. The molecule has 0 saturated carbocycles. The number of hydrogen-bond acceptors (Lipinski definition) is 5. The molecule has 112 valence electrons. The van der Waals surface area contributed by atoms with Crippen molar-refractivity contribution in [2.24, 2.45) is 0 Å². The molecule has 6 nitrogen and oxygen atoms in total. The second kappa shape index (κ2) is 8.29. The second-order valence-electron chi connectivity index (χ2n) is 5.19. The molecule has 1 aromatic carbocycles. The van der Waals surface area contributed by atoms with Gasteiger partial charge in [0.2, 0.25) is 0 Å². The molecule has 0 amide bonds. The smallest absolute Gasteiger partial charge is 0.290 e. The Morgan fingerprint density at radius 1 is 1.30 bits per heavy atom. The molecule has 0 saturated heterocycles. The molecule has 0 aliphatic heterocycles. The van der Waals surface area contributed by atoms with Gasteiger partial charge in [-0.25, -0.2) is 0 Å². The number of phenolic OH excluding ortho intramolecular Hbond substituents is 1. The van der Waals surface area contributed by atoms with E-state index in [1.54, 1.807) is 6.07 Å². The van der Waals surface area contributed by atoms with Crippen molar-refractivity contribution in [3.63, 3.8) is 0 Å². The Morgan fingerprint density at radius 3 is 2.30 bits per heavy atom. The highest BCUT2D eigenvalue weighted by atomic mass is 16.3. The van der Waals surface area contributed by atoms with Crippen molar-refractivity contribution in [2.45, 2.75) is 32.4 Å². The van der Waals surface area contributed by atoms with E-state index in [1.807, 2.05) is 20.8 Å². The van der Waals surface area contributed by atoms with E-state index < -0.39 is 6.10 Å². The van der Waals surface area contributed by atoms with Gasteiger partial charge in [-0.1, -0.05) is 6.07 Å². The molecule has 0 bridgehead atoms. The van der Waals surface area contributed by atoms with Crippen molar-refractivity contribution in [3.05, 3.63) is 29.3 Å². The third-order valence-electron chi connectivity index (χ3n) is 2.39. The number of aromatic hydroxyl groups is 1. The number of carbonyl (C=O) groups excluding carboxylic acids is 1. The molecule has 1 rings (SSSR count). The number of carboxylic acid groups (broad SMARTS) is 1. The van der Waals surface area contributed by atoms with Crippen LogP contribution in [0.15, 0.2) is 18.2 Å². The van der Waals surface area contributed by atoms with Crippen molar-refractivity contribution >= 4 is 12.8 Å². The van der Waals surface area contributed by atoms with E-state index in [4.69, 9.17) is 9.90 Å². The lowest BCUT2D eigenvalue weighted by Gasteiger charge is -2.23. The third kappa shape index (κ3) is 6.86. The number of aliphatic hydroxyl groups excluding tert-OH is 1. The highest BCUT2D eigenvalue weighted by Gasteiger charge is 2.14. The van der Waals surface area contributed by atoms with Crippen LogP contribution in [0.3, 0.4) is 0 Å². The Balaban J connectivity index is 0.00000110. The lowest BCUT2D eigenvalue weighted by atomic mass is 10.0. The molecule has 0 radical (unpaired) electrons. The highest BCUT2D eigenvalue weighted by molar-refractivity contribution is 5.79. The van der Waals surface area contributed by atoms with Gasteiger partial charge in [0.25, 0.3) is 6.47 Å². The van der Waals surface area contributed by atoms with Crippen LogP contribution in [-0.2, 0) is 4.79 Å². The molecule has 1 atom stereocenters. The molecule has 0 spiro atoms. The Kier molecular flexibility index (Phi) is 7.49. The summed E-state index contributed by atoms with van der Waals surface area (Å²) >= 11 is 0. The molecular weight excluding hydrogens is 262 g/mol. The van der Waals surface area contributed by atoms with E-state index in [-0.39, 0.29) is 23.3 Å². The van der Waals surface area contributed by atoms with E-state index in [1.165, 1.54) is 12.1 Å². The zero-order valence-electron chi connectivity index (χ0n) is 11.8. The first-order valence-corrected chi connectivity index (χ1v) is 6.04. The van der Waals surface area contributed by atoms with Crippen molar-refractivity contribution in [2.75, 3.05) is 6.54 Å². The first-order chi connectivity index (χ1) is 9.25. The third-order valence-corrected chi connectivity index (χ3v) is 2.39. The number of carbonyl (C=O) groups is 2. The van der Waals surface area contributed by atoms with Crippen LogP contribution in [0.25, 0.3) is 0 Å². The van der Waals surface area contributed by atoms with Gasteiger partial charge in [-0.2, -0.15) is 0 Å². The van der Waals surface area contributed by atoms with E-state index in [2.05, 4.69) is 5.32 Å². The van der Waals surface area contributed by atoms with Gasteiger partial charge in [0.05, 0.1) is 11.7 Å². The SMILES string of the molecule is CC(C)(C)NCC(O)c1ccc(O)c(C=O)c1.O=CO. The molecule has 0 aromatic heterocycles. The molecule has 0 fully saturated rings. The summed E-state index contributed by atoms with van der Waals surface area (Å²) < 4.78 is 0. The van der Waals surface area contributed by atoms with Gasteiger partial charge in [0.15, 0.2) is 6.29 Å². The monoisotopic (exact) mass is 283 g/mol. The molecule has 6 heteroatoms. The number of phenols is 1. The highest BCUT2D eigenvalue weighted by Crippen LogP contribution is 2.21. The quantitative estimate of drug-likeness (QED) is 0.621. The van der Waals surface area contributed by atoms with E-state index in [9.17, 15) is 15.0 Å². The summed E-state index contributed by atoms with van der Waals surface area (Å²) in [6.07, 6.45) is -0.128. The van der Waals surface area contributed by atoms with Crippen LogP contribution >= 0.6 is 0 Å². The Hall–Kier alpha value is -1.92. The van der Waals surface area contributed by atoms with Crippen molar-refractivity contribution in [1.82, 2.24) is 5.32 Å². The maximum absolute atomic E-state index is 10.7. The Morgan fingerprint density at radius 2 is 1.85 bits per heavy atom. The van der Waals surface area contributed by atoms with Gasteiger partial charge in [0, 0.05) is 12.1 Å². The minimum Gasteiger partial charge on any atom is -0.507 e. The second-order valence-corrected chi connectivity index (χ2v) is 5.19. The van der Waals surface area contributed by atoms with Crippen LogP contribution in [0.5, 0.6) is 5.75 Å². The van der Waals surface area contributed by atoms with E-state index >= 15 is 0 Å². The predicted molar refractivity (Wildman–Crippen MR) is 74.9 cm³/mol. The molecule has 1 aromatic rings. The van der Waals surface area contributed by atoms with Crippen LogP contribution < -0.4 is 5.32 Å². The van der Waals surface area contributed by atoms with Gasteiger partial charge in [-0.05, 0) is 38.5 Å². The molecular formula is C14H21NO5. The fraction of sp³-hybridized carbons (Fsp3) is 0.429. The molecule has 0 aliphatic rings. The van der Waals surface area contributed by atoms with Gasteiger partial charge in [-0.3, -0.25) is 9.59 Å². The summed E-state index contributed by atoms with van der Waals surface area (Å²) in [5, 5.41) is 29.3. The molecule has 0 heterocycles. The summed E-state index contributed by atoms with van der Waals surface area (Å²) in [5.74, 6) is -0.0697. The average Bonchev–Trinajstić information content (AvgIpc) is 2.36.